The second-order valence-corrected chi connectivity index (χ2v) is 4.37. The topological polar surface area (TPSA) is 51.2 Å². The number of allylic oxidation sites excluding steroid dienone is 1. The molecule has 0 aliphatic rings. The molecule has 0 amide bonds. The Balaban J connectivity index is 3.49. The molecule has 0 N–H and O–H groups in total. The van der Waals surface area contributed by atoms with E-state index >= 15 is 0 Å². The van der Waals surface area contributed by atoms with Crippen LogP contribution in [0.3, 0.4) is 0 Å². The van der Waals surface area contributed by atoms with Crippen molar-refractivity contribution in [1.82, 2.24) is 0 Å². The van der Waals surface area contributed by atoms with Crippen molar-refractivity contribution >= 4 is 17.3 Å². The van der Waals surface area contributed by atoms with Crippen LogP contribution in [0, 0.1) is 0 Å². The van der Waals surface area contributed by atoms with E-state index in [2.05, 4.69) is 6.58 Å². The van der Waals surface area contributed by atoms with E-state index in [1.807, 2.05) is 6.08 Å². The van der Waals surface area contributed by atoms with Crippen molar-refractivity contribution in [2.24, 2.45) is 0 Å². The average molecular weight is 238 g/mol. The molecule has 0 rings (SSSR count). The predicted molar refractivity (Wildman–Crippen MR) is 67.8 cm³/mol. The summed E-state index contributed by atoms with van der Waals surface area (Å²) in [6.45, 7) is 5.01. The van der Waals surface area contributed by atoms with Crippen molar-refractivity contribution in [2.45, 2.75) is 58.3 Å². The van der Waals surface area contributed by atoms with Gasteiger partial charge in [0.15, 0.2) is 0 Å². The Kier molecular flexibility index (Phi) is 9.21. The van der Waals surface area contributed by atoms with Crippen molar-refractivity contribution in [3.8, 4) is 0 Å². The Labute approximate surface area is 103 Å². The molecule has 0 aliphatic heterocycles. The first-order chi connectivity index (χ1) is 8.06. The van der Waals surface area contributed by atoms with Gasteiger partial charge in [-0.15, -0.1) is 6.58 Å². The molecule has 0 radical (unpaired) electrons. The number of ketones is 3. The van der Waals surface area contributed by atoms with Crippen LogP contribution in [0.2, 0.25) is 0 Å². The maximum absolute atomic E-state index is 11.4. The normalized spacial score (nSPS) is 9.94. The SMILES string of the molecule is C=CCCCCCCC(=O)CC(=O)CC(C)=O. The Morgan fingerprint density at radius 2 is 1.59 bits per heavy atom. The van der Waals surface area contributed by atoms with Crippen molar-refractivity contribution in [3.63, 3.8) is 0 Å². The van der Waals surface area contributed by atoms with Crippen LogP contribution in [0.1, 0.15) is 58.3 Å². The second kappa shape index (κ2) is 9.94. The molecule has 3 nitrogen and oxygen atoms in total. The van der Waals surface area contributed by atoms with Crippen molar-refractivity contribution < 1.29 is 14.4 Å². The smallest absolute Gasteiger partial charge is 0.147 e. The zero-order valence-corrected chi connectivity index (χ0v) is 10.7. The van der Waals surface area contributed by atoms with Gasteiger partial charge >= 0.3 is 0 Å². The molecule has 3 heteroatoms. The number of hydrogen-bond acceptors (Lipinski definition) is 3. The van der Waals surface area contributed by atoms with Gasteiger partial charge in [-0.1, -0.05) is 18.9 Å². The van der Waals surface area contributed by atoms with E-state index in [-0.39, 0.29) is 30.2 Å². The summed E-state index contributed by atoms with van der Waals surface area (Å²) in [7, 11) is 0. The van der Waals surface area contributed by atoms with E-state index in [1.165, 1.54) is 6.92 Å². The third-order valence-corrected chi connectivity index (χ3v) is 2.45. The molecule has 0 aromatic heterocycles. The molecular weight excluding hydrogens is 216 g/mol. The highest BCUT2D eigenvalue weighted by Crippen LogP contribution is 2.07. The highest BCUT2D eigenvalue weighted by molar-refractivity contribution is 6.06. The molecule has 0 aliphatic carbocycles. The third kappa shape index (κ3) is 11.0. The number of unbranched alkanes of at least 4 members (excludes halogenated alkanes) is 4. The van der Waals surface area contributed by atoms with Crippen molar-refractivity contribution in [2.75, 3.05) is 0 Å². The summed E-state index contributed by atoms with van der Waals surface area (Å²) in [4.78, 5) is 33.2. The first kappa shape index (κ1) is 15.8. The first-order valence-electron chi connectivity index (χ1n) is 6.20. The summed E-state index contributed by atoms with van der Waals surface area (Å²) < 4.78 is 0. The van der Waals surface area contributed by atoms with Gasteiger partial charge in [-0.25, -0.2) is 0 Å². The van der Waals surface area contributed by atoms with Gasteiger partial charge in [-0.2, -0.15) is 0 Å². The minimum absolute atomic E-state index is 0.0417. The Hall–Kier alpha value is -1.25. The van der Waals surface area contributed by atoms with E-state index in [0.29, 0.717) is 6.42 Å². The summed E-state index contributed by atoms with van der Waals surface area (Å²) >= 11 is 0. The van der Waals surface area contributed by atoms with E-state index in [1.54, 1.807) is 0 Å². The molecule has 0 spiro atoms. The molecule has 0 unspecified atom stereocenters. The second-order valence-electron chi connectivity index (χ2n) is 4.37. The molecule has 0 fully saturated rings. The quantitative estimate of drug-likeness (QED) is 0.316. The number of carbonyl (C=O) groups is 3. The van der Waals surface area contributed by atoms with Gasteiger partial charge in [0.05, 0.1) is 12.8 Å². The van der Waals surface area contributed by atoms with Crippen LogP contribution in [-0.2, 0) is 14.4 Å². The standard InChI is InChI=1S/C14H22O3/c1-3-4-5-6-7-8-9-13(16)11-14(17)10-12(2)15/h3H,1,4-11H2,2H3. The lowest BCUT2D eigenvalue weighted by Crippen LogP contribution is -2.10. The van der Waals surface area contributed by atoms with Crippen LogP contribution in [0.25, 0.3) is 0 Å². The van der Waals surface area contributed by atoms with Gasteiger partial charge in [-0.3, -0.25) is 14.4 Å². The van der Waals surface area contributed by atoms with E-state index < -0.39 is 0 Å². The molecule has 0 saturated carbocycles. The lowest BCUT2D eigenvalue weighted by atomic mass is 10.0. The molecule has 0 bridgehead atoms. The molecule has 96 valence electrons. The van der Waals surface area contributed by atoms with Gasteiger partial charge in [0.2, 0.25) is 0 Å². The number of hydrogen-bond donors (Lipinski definition) is 0. The van der Waals surface area contributed by atoms with Crippen LogP contribution in [0.15, 0.2) is 12.7 Å². The van der Waals surface area contributed by atoms with E-state index in [0.717, 1.165) is 32.1 Å². The van der Waals surface area contributed by atoms with Gasteiger partial charge < -0.3 is 0 Å². The Morgan fingerprint density at radius 3 is 2.18 bits per heavy atom. The van der Waals surface area contributed by atoms with Crippen molar-refractivity contribution in [3.05, 3.63) is 12.7 Å². The number of Topliss-reactive ketones (excluding diaryl/α,β-unsaturated/α-hetero) is 3. The summed E-state index contributed by atoms with van der Waals surface area (Å²) in [6.07, 6.45) is 7.25. The van der Waals surface area contributed by atoms with Gasteiger partial charge in [0.25, 0.3) is 0 Å². The Morgan fingerprint density at radius 1 is 0.941 bits per heavy atom. The van der Waals surface area contributed by atoms with Gasteiger partial charge in [0, 0.05) is 6.42 Å². The lowest BCUT2D eigenvalue weighted by molar-refractivity contribution is -0.129. The summed E-state index contributed by atoms with van der Waals surface area (Å²) in [6, 6.07) is 0. The molecule has 0 heterocycles. The molecule has 0 saturated heterocycles. The highest BCUT2D eigenvalue weighted by Gasteiger charge is 2.10. The maximum atomic E-state index is 11.4. The molecule has 0 atom stereocenters. The molecular formula is C14H22O3. The molecule has 0 aromatic rings. The van der Waals surface area contributed by atoms with Gasteiger partial charge in [-0.05, 0) is 26.2 Å². The largest absolute Gasteiger partial charge is 0.300 e. The van der Waals surface area contributed by atoms with E-state index in [9.17, 15) is 14.4 Å². The predicted octanol–water partition coefficient (Wildman–Crippen LogP) is 3.02. The zero-order valence-electron chi connectivity index (χ0n) is 10.7. The first-order valence-corrected chi connectivity index (χ1v) is 6.20. The van der Waals surface area contributed by atoms with Crippen LogP contribution >= 0.6 is 0 Å². The summed E-state index contributed by atoms with van der Waals surface area (Å²) in [5, 5.41) is 0. The summed E-state index contributed by atoms with van der Waals surface area (Å²) in [5.41, 5.74) is 0. The fourth-order valence-corrected chi connectivity index (χ4v) is 1.61. The average Bonchev–Trinajstić information content (AvgIpc) is 2.21. The van der Waals surface area contributed by atoms with Crippen LogP contribution in [0.5, 0.6) is 0 Å². The third-order valence-electron chi connectivity index (χ3n) is 2.45. The fraction of sp³-hybridized carbons (Fsp3) is 0.643. The van der Waals surface area contributed by atoms with E-state index in [4.69, 9.17) is 0 Å². The van der Waals surface area contributed by atoms with Crippen LogP contribution in [0.4, 0.5) is 0 Å². The molecule has 0 aromatic carbocycles. The van der Waals surface area contributed by atoms with Crippen LogP contribution < -0.4 is 0 Å². The monoisotopic (exact) mass is 238 g/mol. The summed E-state index contributed by atoms with van der Waals surface area (Å²) in [5.74, 6) is -0.471. The molecule has 17 heavy (non-hydrogen) atoms. The maximum Gasteiger partial charge on any atom is 0.147 e. The number of carbonyl (C=O) groups excluding carboxylic acids is 3. The lowest BCUT2D eigenvalue weighted by Gasteiger charge is -2.00. The Bertz CT molecular complexity index is 279. The minimum atomic E-state index is -0.255. The highest BCUT2D eigenvalue weighted by atomic mass is 16.2. The van der Waals surface area contributed by atoms with Crippen molar-refractivity contribution in [1.29, 1.82) is 0 Å². The van der Waals surface area contributed by atoms with Crippen LogP contribution in [-0.4, -0.2) is 17.3 Å². The minimum Gasteiger partial charge on any atom is -0.300 e. The number of rotatable bonds is 11. The fourth-order valence-electron chi connectivity index (χ4n) is 1.61. The van der Waals surface area contributed by atoms with Gasteiger partial charge in [0.1, 0.15) is 17.3 Å². The zero-order chi connectivity index (χ0) is 13.1.